The predicted molar refractivity (Wildman–Crippen MR) is 92.1 cm³/mol. The Kier molecular flexibility index (Phi) is 3.89. The van der Waals surface area contributed by atoms with Crippen LogP contribution in [0.4, 0.5) is 20.3 Å². The Labute approximate surface area is 146 Å². The van der Waals surface area contributed by atoms with Crippen molar-refractivity contribution in [1.82, 2.24) is 10.3 Å². The van der Waals surface area contributed by atoms with E-state index in [9.17, 15) is 23.0 Å². The molecule has 1 saturated heterocycles. The van der Waals surface area contributed by atoms with Gasteiger partial charge in [-0.1, -0.05) is 0 Å². The van der Waals surface area contributed by atoms with Crippen molar-refractivity contribution >= 4 is 22.5 Å². The van der Waals surface area contributed by atoms with Crippen LogP contribution in [0, 0.1) is 5.92 Å². The number of fused-ring (bicyclic) bond motifs is 1. The largest absolute Gasteiger partial charge is 0.391 e. The molecule has 3 aliphatic rings. The lowest BCUT2D eigenvalue weighted by molar-refractivity contribution is 0.101. The average Bonchev–Trinajstić information content (AvgIpc) is 3.12. The lowest BCUT2D eigenvalue weighted by atomic mass is 9.91. The lowest BCUT2D eigenvalue weighted by Crippen LogP contribution is -2.39. The van der Waals surface area contributed by atoms with E-state index >= 15 is 0 Å². The average molecular weight is 376 g/mol. The molecule has 140 valence electrons. The quantitative estimate of drug-likeness (QED) is 0.641. The molecule has 3 heterocycles. The minimum atomic E-state index is -3.40. The number of alkyl halides is 2. The maximum Gasteiger partial charge on any atom is 0.253 e. The van der Waals surface area contributed by atoms with Crippen LogP contribution in [0.15, 0.2) is 12.1 Å². The number of nitrogens with one attached hydrogen (secondary N) is 1. The summed E-state index contributed by atoms with van der Waals surface area (Å²) < 4.78 is 50.0. The van der Waals surface area contributed by atoms with Gasteiger partial charge in [-0.15, -0.1) is 0 Å². The van der Waals surface area contributed by atoms with Crippen LogP contribution in [0.1, 0.15) is 24.5 Å². The summed E-state index contributed by atoms with van der Waals surface area (Å²) >= 11 is 0. The molecule has 1 aromatic rings. The SMILES string of the molecule is CN1c2nc(C3CCNCC3O)ccc2N(CC2CC2(F)F)S1(O)O. The number of aliphatic hydroxyl groups excluding tert-OH is 1. The molecule has 2 aliphatic heterocycles. The van der Waals surface area contributed by atoms with Gasteiger partial charge in [0.2, 0.25) is 0 Å². The summed E-state index contributed by atoms with van der Waals surface area (Å²) in [5.74, 6) is -3.39. The van der Waals surface area contributed by atoms with Crippen LogP contribution < -0.4 is 13.9 Å². The Bertz CT molecular complexity index is 693. The second-order valence-corrected chi connectivity index (χ2v) is 8.92. The highest BCUT2D eigenvalue weighted by Crippen LogP contribution is 2.62. The molecule has 0 radical (unpaired) electrons. The minimum absolute atomic E-state index is 0.121. The molecule has 4 N–H and O–H groups in total. The topological polar surface area (TPSA) is 92.1 Å². The molecule has 4 rings (SSSR count). The zero-order valence-electron chi connectivity index (χ0n) is 13.8. The first-order valence-corrected chi connectivity index (χ1v) is 9.75. The molecule has 0 aromatic carbocycles. The number of halogens is 2. The number of hydrogen-bond donors (Lipinski definition) is 4. The highest BCUT2D eigenvalue weighted by atomic mass is 32.3. The van der Waals surface area contributed by atoms with E-state index in [-0.39, 0.29) is 18.9 Å². The van der Waals surface area contributed by atoms with Crippen molar-refractivity contribution in [3.8, 4) is 0 Å². The molecule has 0 spiro atoms. The van der Waals surface area contributed by atoms with Crippen molar-refractivity contribution in [3.63, 3.8) is 0 Å². The van der Waals surface area contributed by atoms with Gasteiger partial charge in [0.05, 0.1) is 6.10 Å². The van der Waals surface area contributed by atoms with Gasteiger partial charge in [-0.25, -0.2) is 22.4 Å². The zero-order chi connectivity index (χ0) is 18.0. The van der Waals surface area contributed by atoms with Crippen molar-refractivity contribution in [3.05, 3.63) is 17.8 Å². The Balaban J connectivity index is 1.64. The molecule has 3 atom stereocenters. The van der Waals surface area contributed by atoms with E-state index in [0.717, 1.165) is 13.0 Å². The minimum Gasteiger partial charge on any atom is -0.391 e. The van der Waals surface area contributed by atoms with Gasteiger partial charge in [0, 0.05) is 44.1 Å². The van der Waals surface area contributed by atoms with Gasteiger partial charge in [0.15, 0.2) is 5.82 Å². The van der Waals surface area contributed by atoms with Crippen molar-refractivity contribution in [2.75, 3.05) is 35.3 Å². The molecular weight excluding hydrogens is 354 g/mol. The monoisotopic (exact) mass is 376 g/mol. The van der Waals surface area contributed by atoms with Gasteiger partial charge in [0.1, 0.15) is 5.69 Å². The molecule has 0 amide bonds. The maximum atomic E-state index is 13.3. The van der Waals surface area contributed by atoms with E-state index in [4.69, 9.17) is 0 Å². The van der Waals surface area contributed by atoms with Gasteiger partial charge in [-0.05, 0) is 36.1 Å². The van der Waals surface area contributed by atoms with Crippen molar-refractivity contribution in [1.29, 1.82) is 0 Å². The van der Waals surface area contributed by atoms with E-state index in [1.807, 2.05) is 0 Å². The van der Waals surface area contributed by atoms with E-state index in [2.05, 4.69) is 10.3 Å². The van der Waals surface area contributed by atoms with Crippen LogP contribution >= 0.6 is 11.0 Å². The van der Waals surface area contributed by atoms with Gasteiger partial charge in [-0.2, -0.15) is 0 Å². The summed E-state index contributed by atoms with van der Waals surface area (Å²) in [6, 6.07) is 3.43. The Morgan fingerprint density at radius 2 is 2.12 bits per heavy atom. The number of pyridine rings is 1. The van der Waals surface area contributed by atoms with Crippen LogP contribution in [-0.4, -0.2) is 57.9 Å². The number of aliphatic hydroxyl groups is 1. The first kappa shape index (κ1) is 17.2. The highest BCUT2D eigenvalue weighted by molar-refractivity contribution is 8.26. The van der Waals surface area contributed by atoms with Crippen molar-refractivity contribution < 1.29 is 23.0 Å². The van der Waals surface area contributed by atoms with Gasteiger partial charge < -0.3 is 10.4 Å². The molecule has 1 saturated carbocycles. The standard InChI is InChI=1S/C15H22F2N4O3S/c1-20-14-12(21(25(20,23)24)8-9-6-15(9,16)17)3-2-11(19-14)10-4-5-18-7-13(10)22/h2-3,9-10,13,18,22-24H,4-8H2,1H3. The molecule has 7 nitrogen and oxygen atoms in total. The summed E-state index contributed by atoms with van der Waals surface area (Å²) in [5, 5.41) is 13.3. The van der Waals surface area contributed by atoms with E-state index in [1.165, 1.54) is 15.7 Å². The Hall–Kier alpha value is -1.20. The Morgan fingerprint density at radius 1 is 1.40 bits per heavy atom. The van der Waals surface area contributed by atoms with Crippen molar-refractivity contribution in [2.24, 2.45) is 5.92 Å². The van der Waals surface area contributed by atoms with Crippen LogP contribution in [0.25, 0.3) is 0 Å². The lowest BCUT2D eigenvalue weighted by Gasteiger charge is -2.41. The summed E-state index contributed by atoms with van der Waals surface area (Å²) in [7, 11) is -1.90. The number of aromatic nitrogens is 1. The maximum absolute atomic E-state index is 13.3. The second kappa shape index (κ2) is 5.65. The third-order valence-corrected chi connectivity index (χ3v) is 7.12. The summed E-state index contributed by atoms with van der Waals surface area (Å²) in [6.07, 6.45) is -0.0666. The van der Waals surface area contributed by atoms with Crippen LogP contribution in [-0.2, 0) is 0 Å². The van der Waals surface area contributed by atoms with Gasteiger partial charge in [-0.3, -0.25) is 9.11 Å². The third-order valence-electron chi connectivity index (χ3n) is 5.28. The fourth-order valence-electron chi connectivity index (χ4n) is 3.54. The van der Waals surface area contributed by atoms with E-state index < -0.39 is 28.9 Å². The molecule has 1 aromatic heterocycles. The molecular formula is C15H22F2N4O3S. The fraction of sp³-hybridized carbons (Fsp3) is 0.667. The molecule has 0 bridgehead atoms. The van der Waals surface area contributed by atoms with E-state index in [1.54, 1.807) is 12.1 Å². The normalized spacial score (nSPS) is 33.9. The third kappa shape index (κ3) is 2.76. The first-order chi connectivity index (χ1) is 11.7. The second-order valence-electron chi connectivity index (χ2n) is 6.96. The Morgan fingerprint density at radius 3 is 2.76 bits per heavy atom. The zero-order valence-corrected chi connectivity index (χ0v) is 14.6. The number of hydrogen-bond acceptors (Lipinski definition) is 7. The predicted octanol–water partition coefficient (Wildman–Crippen LogP) is 2.01. The summed E-state index contributed by atoms with van der Waals surface area (Å²) in [6.45, 7) is 1.13. The number of piperidine rings is 1. The van der Waals surface area contributed by atoms with Crippen LogP contribution in [0.2, 0.25) is 0 Å². The van der Waals surface area contributed by atoms with Gasteiger partial charge >= 0.3 is 0 Å². The van der Waals surface area contributed by atoms with Crippen molar-refractivity contribution in [2.45, 2.75) is 30.8 Å². The smallest absolute Gasteiger partial charge is 0.253 e. The first-order valence-electron chi connectivity index (χ1n) is 8.29. The van der Waals surface area contributed by atoms with Crippen LogP contribution in [0.3, 0.4) is 0 Å². The highest BCUT2D eigenvalue weighted by Gasteiger charge is 2.59. The fourth-order valence-corrected chi connectivity index (χ4v) is 4.99. The van der Waals surface area contributed by atoms with Gasteiger partial charge in [0.25, 0.3) is 5.92 Å². The number of anilines is 2. The number of rotatable bonds is 3. The molecule has 1 aliphatic carbocycles. The van der Waals surface area contributed by atoms with Crippen LogP contribution in [0.5, 0.6) is 0 Å². The summed E-state index contributed by atoms with van der Waals surface area (Å²) in [5.41, 5.74) is 1.12. The molecule has 3 unspecified atom stereocenters. The molecule has 10 heteroatoms. The number of nitrogens with zero attached hydrogens (tertiary/aromatic N) is 3. The number of β-amino-alcohol motifs (C(OH)–C–C–N with tert-alkyl or cyclic N) is 1. The molecule has 2 fully saturated rings. The van der Waals surface area contributed by atoms with E-state index in [0.29, 0.717) is 23.7 Å². The molecule has 25 heavy (non-hydrogen) atoms. The summed E-state index contributed by atoms with van der Waals surface area (Å²) in [4.78, 5) is 4.53.